The van der Waals surface area contributed by atoms with Gasteiger partial charge in [-0.1, -0.05) is 17.7 Å². The van der Waals surface area contributed by atoms with Crippen molar-refractivity contribution in [3.8, 4) is 0 Å². The fraction of sp³-hybridized carbons (Fsp3) is 0.200. The van der Waals surface area contributed by atoms with E-state index < -0.39 is 11.6 Å². The molecule has 2 rings (SSSR count). The Morgan fingerprint density at radius 1 is 1.15 bits per heavy atom. The summed E-state index contributed by atoms with van der Waals surface area (Å²) in [6, 6.07) is 9.10. The largest absolute Gasteiger partial charge is 0.313 e. The van der Waals surface area contributed by atoms with Crippen LogP contribution in [0.25, 0.3) is 0 Å². The van der Waals surface area contributed by atoms with Crippen LogP contribution in [0.4, 0.5) is 8.78 Å². The predicted molar refractivity (Wildman–Crippen MR) is 81.0 cm³/mol. The molecular formula is C15H13BrClF2N. The van der Waals surface area contributed by atoms with E-state index in [2.05, 4.69) is 21.2 Å². The Bertz CT molecular complexity index is 599. The zero-order chi connectivity index (χ0) is 14.7. The first-order valence-electron chi connectivity index (χ1n) is 6.07. The van der Waals surface area contributed by atoms with Gasteiger partial charge in [-0.15, -0.1) is 0 Å². The molecule has 0 bridgehead atoms. The van der Waals surface area contributed by atoms with Crippen LogP contribution in [0, 0.1) is 11.6 Å². The average molecular weight is 361 g/mol. The molecule has 0 saturated heterocycles. The van der Waals surface area contributed by atoms with Crippen molar-refractivity contribution in [2.45, 2.75) is 12.5 Å². The minimum absolute atomic E-state index is 0.0511. The molecule has 2 aromatic carbocycles. The summed E-state index contributed by atoms with van der Waals surface area (Å²) in [6.45, 7) is 0. The minimum atomic E-state index is -0.563. The highest BCUT2D eigenvalue weighted by atomic mass is 79.9. The van der Waals surface area contributed by atoms with Crippen LogP contribution in [0.1, 0.15) is 17.2 Å². The zero-order valence-corrected chi connectivity index (χ0v) is 13.1. The zero-order valence-electron chi connectivity index (χ0n) is 10.8. The van der Waals surface area contributed by atoms with Gasteiger partial charge >= 0.3 is 0 Å². The smallest absolute Gasteiger partial charge is 0.126 e. The van der Waals surface area contributed by atoms with Gasteiger partial charge in [-0.05, 0) is 64.8 Å². The quantitative estimate of drug-likeness (QED) is 0.819. The Hall–Kier alpha value is -0.970. The van der Waals surface area contributed by atoms with E-state index in [1.807, 2.05) is 19.2 Å². The SMILES string of the molecule is CNC(Cc1cc(F)cc(F)c1)c1ccc(Cl)c(Br)c1. The summed E-state index contributed by atoms with van der Waals surface area (Å²) in [6.07, 6.45) is 0.485. The van der Waals surface area contributed by atoms with Crippen LogP contribution >= 0.6 is 27.5 Å². The molecule has 0 aromatic heterocycles. The molecule has 0 aliphatic rings. The van der Waals surface area contributed by atoms with Crippen LogP contribution in [-0.2, 0) is 6.42 Å². The summed E-state index contributed by atoms with van der Waals surface area (Å²) in [7, 11) is 1.81. The molecular weight excluding hydrogens is 348 g/mol. The lowest BCUT2D eigenvalue weighted by Crippen LogP contribution is -2.19. The first-order chi connectivity index (χ1) is 9.49. The molecule has 0 fully saturated rings. The van der Waals surface area contributed by atoms with E-state index in [-0.39, 0.29) is 6.04 Å². The molecule has 1 atom stereocenters. The molecule has 5 heteroatoms. The van der Waals surface area contributed by atoms with E-state index in [0.717, 1.165) is 16.1 Å². The standard InChI is InChI=1S/C15H13BrClF2N/c1-20-15(10-2-3-14(17)13(16)7-10)6-9-4-11(18)8-12(19)5-9/h2-5,7-8,15,20H,6H2,1H3. The summed E-state index contributed by atoms with van der Waals surface area (Å²) in [5, 5.41) is 3.77. The Morgan fingerprint density at radius 2 is 1.80 bits per heavy atom. The van der Waals surface area contributed by atoms with Crippen molar-refractivity contribution in [1.29, 1.82) is 0 Å². The third-order valence-electron chi connectivity index (χ3n) is 3.06. The Kier molecular flexibility index (Phi) is 5.13. The third kappa shape index (κ3) is 3.78. The van der Waals surface area contributed by atoms with E-state index in [1.54, 1.807) is 6.07 Å². The molecule has 1 unspecified atom stereocenters. The second kappa shape index (κ2) is 6.66. The lowest BCUT2D eigenvalue weighted by molar-refractivity contribution is 0.562. The molecule has 0 amide bonds. The maximum atomic E-state index is 13.2. The molecule has 1 N–H and O–H groups in total. The van der Waals surface area contributed by atoms with Gasteiger partial charge in [0.1, 0.15) is 11.6 Å². The van der Waals surface area contributed by atoms with Crippen LogP contribution in [0.15, 0.2) is 40.9 Å². The van der Waals surface area contributed by atoms with Gasteiger partial charge in [-0.25, -0.2) is 8.78 Å². The molecule has 0 radical (unpaired) electrons. The van der Waals surface area contributed by atoms with Gasteiger partial charge < -0.3 is 5.32 Å². The van der Waals surface area contributed by atoms with Crippen molar-refractivity contribution in [3.05, 3.63) is 68.7 Å². The van der Waals surface area contributed by atoms with Crippen molar-refractivity contribution in [3.63, 3.8) is 0 Å². The van der Waals surface area contributed by atoms with Crippen molar-refractivity contribution >= 4 is 27.5 Å². The van der Waals surface area contributed by atoms with Crippen molar-refractivity contribution in [1.82, 2.24) is 5.32 Å². The van der Waals surface area contributed by atoms with Crippen LogP contribution < -0.4 is 5.32 Å². The molecule has 0 aliphatic heterocycles. The third-order valence-corrected chi connectivity index (χ3v) is 4.27. The van der Waals surface area contributed by atoms with Gasteiger partial charge in [0, 0.05) is 16.6 Å². The summed E-state index contributed by atoms with van der Waals surface area (Å²) in [4.78, 5) is 0. The first kappa shape index (κ1) is 15.4. The van der Waals surface area contributed by atoms with Crippen LogP contribution in [0.3, 0.4) is 0 Å². The minimum Gasteiger partial charge on any atom is -0.313 e. The van der Waals surface area contributed by atoms with Crippen LogP contribution in [0.2, 0.25) is 5.02 Å². The number of rotatable bonds is 4. The number of halogens is 4. The summed E-state index contributed by atoms with van der Waals surface area (Å²) >= 11 is 9.34. The summed E-state index contributed by atoms with van der Waals surface area (Å²) in [5.41, 5.74) is 1.60. The molecule has 2 aromatic rings. The normalized spacial score (nSPS) is 12.4. The van der Waals surface area contributed by atoms with E-state index in [1.165, 1.54) is 12.1 Å². The molecule has 1 nitrogen and oxygen atoms in total. The summed E-state index contributed by atoms with van der Waals surface area (Å²) < 4.78 is 27.2. The van der Waals surface area contributed by atoms with Gasteiger partial charge in [0.15, 0.2) is 0 Å². The molecule has 0 spiro atoms. The lowest BCUT2D eigenvalue weighted by atomic mass is 9.99. The lowest BCUT2D eigenvalue weighted by Gasteiger charge is -2.17. The van der Waals surface area contributed by atoms with Crippen LogP contribution in [-0.4, -0.2) is 7.05 Å². The molecule has 20 heavy (non-hydrogen) atoms. The van der Waals surface area contributed by atoms with Gasteiger partial charge in [0.25, 0.3) is 0 Å². The van der Waals surface area contributed by atoms with Gasteiger partial charge in [-0.3, -0.25) is 0 Å². The first-order valence-corrected chi connectivity index (χ1v) is 7.24. The van der Waals surface area contributed by atoms with Crippen molar-refractivity contribution < 1.29 is 8.78 Å². The highest BCUT2D eigenvalue weighted by Crippen LogP contribution is 2.27. The van der Waals surface area contributed by atoms with E-state index >= 15 is 0 Å². The Morgan fingerprint density at radius 3 is 2.35 bits per heavy atom. The van der Waals surface area contributed by atoms with E-state index in [9.17, 15) is 8.78 Å². The highest BCUT2D eigenvalue weighted by Gasteiger charge is 2.13. The average Bonchev–Trinajstić information content (AvgIpc) is 2.38. The monoisotopic (exact) mass is 359 g/mol. The topological polar surface area (TPSA) is 12.0 Å². The summed E-state index contributed by atoms with van der Waals surface area (Å²) in [5.74, 6) is -1.13. The number of nitrogens with one attached hydrogen (secondary N) is 1. The molecule has 0 saturated carbocycles. The molecule has 0 aliphatic carbocycles. The number of likely N-dealkylation sites (N-methyl/N-ethyl adjacent to an activating group) is 1. The van der Waals surface area contributed by atoms with Crippen molar-refractivity contribution in [2.24, 2.45) is 0 Å². The maximum absolute atomic E-state index is 13.2. The van der Waals surface area contributed by atoms with E-state index in [4.69, 9.17) is 11.6 Å². The predicted octanol–water partition coefficient (Wildman–Crippen LogP) is 4.88. The fourth-order valence-electron chi connectivity index (χ4n) is 2.08. The number of hydrogen-bond donors (Lipinski definition) is 1. The second-order valence-corrected chi connectivity index (χ2v) is 5.76. The van der Waals surface area contributed by atoms with Gasteiger partial charge in [0.05, 0.1) is 5.02 Å². The fourth-order valence-corrected chi connectivity index (χ4v) is 2.59. The van der Waals surface area contributed by atoms with Crippen LogP contribution in [0.5, 0.6) is 0 Å². The molecule has 106 valence electrons. The number of hydrogen-bond acceptors (Lipinski definition) is 1. The maximum Gasteiger partial charge on any atom is 0.126 e. The van der Waals surface area contributed by atoms with Crippen molar-refractivity contribution in [2.75, 3.05) is 7.05 Å². The van der Waals surface area contributed by atoms with E-state index in [0.29, 0.717) is 17.0 Å². The number of benzene rings is 2. The molecule has 0 heterocycles. The highest BCUT2D eigenvalue weighted by molar-refractivity contribution is 9.10. The Labute approximate surface area is 130 Å². The Balaban J connectivity index is 2.26. The second-order valence-electron chi connectivity index (χ2n) is 4.50. The van der Waals surface area contributed by atoms with Gasteiger partial charge in [0.2, 0.25) is 0 Å². The van der Waals surface area contributed by atoms with Gasteiger partial charge in [-0.2, -0.15) is 0 Å².